The van der Waals surface area contributed by atoms with Crippen LogP contribution in [-0.2, 0) is 9.57 Å². The second-order valence-electron chi connectivity index (χ2n) is 4.45. The number of ether oxygens (including phenoxy) is 1. The lowest BCUT2D eigenvalue weighted by Crippen LogP contribution is -2.54. The van der Waals surface area contributed by atoms with Crippen LogP contribution in [0, 0.1) is 0 Å². The van der Waals surface area contributed by atoms with Gasteiger partial charge in [0.05, 0.1) is 12.6 Å². The summed E-state index contributed by atoms with van der Waals surface area (Å²) >= 11 is 0. The van der Waals surface area contributed by atoms with Crippen molar-refractivity contribution in [3.05, 3.63) is 0 Å². The molecule has 0 unspecified atom stereocenters. The zero-order valence-corrected chi connectivity index (χ0v) is 8.95. The van der Waals surface area contributed by atoms with Gasteiger partial charge in [-0.1, -0.05) is 0 Å². The standard InChI is InChI=1S/C9H18N2O3/c1-9(2,3)14-8(12)11-5-4-7(11)6-13-10/h7H,4-6,10H2,1-3H3/t7-/m1/s1. The Hall–Kier alpha value is -0.810. The smallest absolute Gasteiger partial charge is 0.410 e. The van der Waals surface area contributed by atoms with Crippen LogP contribution in [0.5, 0.6) is 0 Å². The molecule has 5 heteroatoms. The number of likely N-dealkylation sites (tertiary alicyclic amines) is 1. The maximum atomic E-state index is 11.5. The number of rotatable bonds is 2. The Bertz CT molecular complexity index is 213. The molecule has 0 saturated carbocycles. The number of hydrogen-bond acceptors (Lipinski definition) is 4. The summed E-state index contributed by atoms with van der Waals surface area (Å²) in [6.07, 6.45) is 0.641. The van der Waals surface area contributed by atoms with Crippen molar-refractivity contribution in [1.82, 2.24) is 4.90 Å². The van der Waals surface area contributed by atoms with Gasteiger partial charge < -0.3 is 14.5 Å². The molecule has 0 bridgehead atoms. The summed E-state index contributed by atoms with van der Waals surface area (Å²) in [4.78, 5) is 17.7. The molecule has 1 saturated heterocycles. The third-order valence-electron chi connectivity index (χ3n) is 2.06. The van der Waals surface area contributed by atoms with Crippen molar-refractivity contribution in [2.45, 2.75) is 38.8 Å². The molecule has 0 aliphatic carbocycles. The lowest BCUT2D eigenvalue weighted by molar-refractivity contribution is -0.0285. The van der Waals surface area contributed by atoms with E-state index in [0.717, 1.165) is 13.0 Å². The molecule has 0 aromatic heterocycles. The summed E-state index contributed by atoms with van der Waals surface area (Å²) in [5.41, 5.74) is -0.444. The molecular formula is C9H18N2O3. The van der Waals surface area contributed by atoms with Crippen molar-refractivity contribution in [1.29, 1.82) is 0 Å². The number of carbonyl (C=O) groups excluding carboxylic acids is 1. The molecule has 0 radical (unpaired) electrons. The topological polar surface area (TPSA) is 64.8 Å². The van der Waals surface area contributed by atoms with E-state index in [1.165, 1.54) is 0 Å². The first-order valence-electron chi connectivity index (χ1n) is 4.75. The van der Waals surface area contributed by atoms with E-state index >= 15 is 0 Å². The van der Waals surface area contributed by atoms with Crippen molar-refractivity contribution in [3.8, 4) is 0 Å². The molecule has 1 atom stereocenters. The van der Waals surface area contributed by atoms with Gasteiger partial charge in [0, 0.05) is 6.54 Å². The lowest BCUT2D eigenvalue weighted by Gasteiger charge is -2.40. The van der Waals surface area contributed by atoms with Gasteiger partial charge in [-0.3, -0.25) is 0 Å². The fraction of sp³-hybridized carbons (Fsp3) is 0.889. The zero-order valence-electron chi connectivity index (χ0n) is 8.95. The van der Waals surface area contributed by atoms with E-state index in [2.05, 4.69) is 4.84 Å². The van der Waals surface area contributed by atoms with Crippen molar-refractivity contribution < 1.29 is 14.4 Å². The molecule has 1 fully saturated rings. The maximum absolute atomic E-state index is 11.5. The number of nitrogens with zero attached hydrogens (tertiary/aromatic N) is 1. The van der Waals surface area contributed by atoms with Gasteiger partial charge in [0.1, 0.15) is 5.60 Å². The Morgan fingerprint density at radius 1 is 1.57 bits per heavy atom. The van der Waals surface area contributed by atoms with Crippen LogP contribution in [0.4, 0.5) is 4.79 Å². The largest absolute Gasteiger partial charge is 0.444 e. The molecule has 0 aromatic carbocycles. The Morgan fingerprint density at radius 3 is 2.57 bits per heavy atom. The predicted octanol–water partition coefficient (Wildman–Crippen LogP) is 0.886. The minimum atomic E-state index is -0.444. The van der Waals surface area contributed by atoms with E-state index < -0.39 is 5.60 Å². The average molecular weight is 202 g/mol. The SMILES string of the molecule is CC(C)(C)OC(=O)N1CC[C@@H]1CON. The van der Waals surface area contributed by atoms with Crippen LogP contribution in [0.3, 0.4) is 0 Å². The molecule has 14 heavy (non-hydrogen) atoms. The monoisotopic (exact) mass is 202 g/mol. The van der Waals surface area contributed by atoms with E-state index in [1.54, 1.807) is 4.90 Å². The van der Waals surface area contributed by atoms with Gasteiger partial charge >= 0.3 is 6.09 Å². The molecule has 1 aliphatic rings. The number of carbonyl (C=O) groups is 1. The highest BCUT2D eigenvalue weighted by molar-refractivity contribution is 5.69. The van der Waals surface area contributed by atoms with Gasteiger partial charge in [-0.05, 0) is 27.2 Å². The van der Waals surface area contributed by atoms with Gasteiger partial charge in [0.25, 0.3) is 0 Å². The first-order valence-corrected chi connectivity index (χ1v) is 4.75. The van der Waals surface area contributed by atoms with Crippen LogP contribution in [0.15, 0.2) is 0 Å². The van der Waals surface area contributed by atoms with Crippen molar-refractivity contribution in [3.63, 3.8) is 0 Å². The van der Waals surface area contributed by atoms with Crippen molar-refractivity contribution in [2.24, 2.45) is 5.90 Å². The molecule has 2 N–H and O–H groups in total. The highest BCUT2D eigenvalue weighted by Gasteiger charge is 2.35. The van der Waals surface area contributed by atoms with Crippen molar-refractivity contribution in [2.75, 3.05) is 13.2 Å². The van der Waals surface area contributed by atoms with E-state index in [0.29, 0.717) is 6.61 Å². The lowest BCUT2D eigenvalue weighted by atomic mass is 10.1. The summed E-state index contributed by atoms with van der Waals surface area (Å²) in [5, 5.41) is 0. The van der Waals surface area contributed by atoms with Gasteiger partial charge in [-0.25, -0.2) is 10.7 Å². The van der Waals surface area contributed by atoms with Gasteiger partial charge in [0.2, 0.25) is 0 Å². The Morgan fingerprint density at radius 2 is 2.21 bits per heavy atom. The number of nitrogens with two attached hydrogens (primary N) is 1. The molecule has 1 heterocycles. The average Bonchev–Trinajstić information content (AvgIpc) is 1.93. The molecule has 1 aliphatic heterocycles. The van der Waals surface area contributed by atoms with Crippen LogP contribution >= 0.6 is 0 Å². The Balaban J connectivity index is 2.38. The Labute approximate surface area is 84.1 Å². The third kappa shape index (κ3) is 2.85. The first kappa shape index (κ1) is 11.3. The predicted molar refractivity (Wildman–Crippen MR) is 51.5 cm³/mol. The molecule has 1 rings (SSSR count). The zero-order chi connectivity index (χ0) is 10.8. The molecule has 0 aromatic rings. The summed E-state index contributed by atoms with van der Waals surface area (Å²) in [6.45, 7) is 6.64. The van der Waals surface area contributed by atoms with E-state index in [4.69, 9.17) is 10.6 Å². The molecule has 82 valence electrons. The second-order valence-corrected chi connectivity index (χ2v) is 4.45. The fourth-order valence-electron chi connectivity index (χ4n) is 1.29. The fourth-order valence-corrected chi connectivity index (χ4v) is 1.29. The summed E-state index contributed by atoms with van der Waals surface area (Å²) in [7, 11) is 0. The highest BCUT2D eigenvalue weighted by Crippen LogP contribution is 2.20. The quantitative estimate of drug-likeness (QED) is 0.675. The van der Waals surface area contributed by atoms with Crippen LogP contribution in [0.2, 0.25) is 0 Å². The minimum absolute atomic E-state index is 0.0786. The number of hydrogen-bond donors (Lipinski definition) is 1. The summed E-state index contributed by atoms with van der Waals surface area (Å²) in [5.74, 6) is 4.95. The third-order valence-corrected chi connectivity index (χ3v) is 2.06. The summed E-state index contributed by atoms with van der Waals surface area (Å²) < 4.78 is 5.21. The van der Waals surface area contributed by atoms with Crippen LogP contribution in [0.1, 0.15) is 27.2 Å². The maximum Gasteiger partial charge on any atom is 0.410 e. The molecule has 1 amide bonds. The minimum Gasteiger partial charge on any atom is -0.444 e. The molecule has 5 nitrogen and oxygen atoms in total. The molecule has 0 spiro atoms. The van der Waals surface area contributed by atoms with Crippen molar-refractivity contribution >= 4 is 6.09 Å². The second kappa shape index (κ2) is 4.14. The number of amides is 1. The highest BCUT2D eigenvalue weighted by atomic mass is 16.6. The van der Waals surface area contributed by atoms with Crippen LogP contribution in [0.25, 0.3) is 0 Å². The van der Waals surface area contributed by atoms with Gasteiger partial charge in [-0.15, -0.1) is 0 Å². The first-order chi connectivity index (χ1) is 6.44. The van der Waals surface area contributed by atoms with Crippen LogP contribution in [-0.4, -0.2) is 35.8 Å². The Kier molecular flexibility index (Phi) is 3.34. The van der Waals surface area contributed by atoms with Crippen LogP contribution < -0.4 is 5.90 Å². The summed E-state index contributed by atoms with van der Waals surface area (Å²) in [6, 6.07) is 0.0786. The van der Waals surface area contributed by atoms with E-state index in [9.17, 15) is 4.79 Å². The van der Waals surface area contributed by atoms with Gasteiger partial charge in [-0.2, -0.15) is 0 Å². The normalized spacial score (nSPS) is 21.7. The van der Waals surface area contributed by atoms with E-state index in [1.807, 2.05) is 20.8 Å². The molecular weight excluding hydrogens is 184 g/mol. The van der Waals surface area contributed by atoms with E-state index in [-0.39, 0.29) is 12.1 Å². The van der Waals surface area contributed by atoms with Gasteiger partial charge in [0.15, 0.2) is 0 Å².